The van der Waals surface area contributed by atoms with Gasteiger partial charge in [-0.25, -0.2) is 18.6 Å². The van der Waals surface area contributed by atoms with Crippen molar-refractivity contribution >= 4 is 22.4 Å². The molecule has 1 aromatic heterocycles. The van der Waals surface area contributed by atoms with Crippen LogP contribution in [0.2, 0.25) is 0 Å². The Hall–Kier alpha value is -2.34. The van der Waals surface area contributed by atoms with Crippen LogP contribution in [0.1, 0.15) is 87.8 Å². The highest BCUT2D eigenvalue weighted by molar-refractivity contribution is 5.96. The molecule has 32 heavy (non-hydrogen) atoms. The van der Waals surface area contributed by atoms with Crippen molar-refractivity contribution in [3.8, 4) is 0 Å². The summed E-state index contributed by atoms with van der Waals surface area (Å²) in [6.07, 6.45) is 4.20. The SMILES string of the molecule is COC(=O)C(OC(C)(C)C)c1c(C)cc2nc(C(F)F)ccc2c1C1=CCC2(CC1)CC2. The molecule has 2 aromatic rings. The van der Waals surface area contributed by atoms with Crippen LogP contribution in [-0.4, -0.2) is 23.7 Å². The Balaban J connectivity index is 1.96. The zero-order chi connectivity index (χ0) is 23.3. The Labute approximate surface area is 188 Å². The number of alkyl halides is 2. The third-order valence-electron chi connectivity index (χ3n) is 6.62. The van der Waals surface area contributed by atoms with Crippen LogP contribution in [0.4, 0.5) is 8.78 Å². The lowest BCUT2D eigenvalue weighted by Gasteiger charge is -2.31. The summed E-state index contributed by atoms with van der Waals surface area (Å²) in [5, 5.41) is 0.763. The van der Waals surface area contributed by atoms with E-state index in [1.165, 1.54) is 26.0 Å². The minimum Gasteiger partial charge on any atom is -0.467 e. The number of pyridine rings is 1. The van der Waals surface area contributed by atoms with Gasteiger partial charge in [0.25, 0.3) is 6.43 Å². The number of halogens is 2. The first kappa shape index (κ1) is 22.8. The fourth-order valence-corrected chi connectivity index (χ4v) is 4.73. The Morgan fingerprint density at radius 2 is 1.91 bits per heavy atom. The minimum absolute atomic E-state index is 0.249. The van der Waals surface area contributed by atoms with Crippen LogP contribution in [0.15, 0.2) is 24.3 Å². The summed E-state index contributed by atoms with van der Waals surface area (Å²) in [7, 11) is 1.35. The van der Waals surface area contributed by atoms with E-state index < -0.39 is 24.1 Å². The largest absolute Gasteiger partial charge is 0.467 e. The molecule has 1 spiro atoms. The topological polar surface area (TPSA) is 48.4 Å². The summed E-state index contributed by atoms with van der Waals surface area (Å²) >= 11 is 0. The standard InChI is InChI=1S/C26H31F2NO3/c1-15-14-19-17(6-7-18(29-19)23(27)28)21(16-8-10-26(11-9-16)12-13-26)20(15)22(24(30)31-5)32-25(2,3)4/h6-8,14,22-23H,9-13H2,1-5H3. The minimum atomic E-state index is -2.64. The lowest BCUT2D eigenvalue weighted by molar-refractivity contribution is -0.164. The van der Waals surface area contributed by atoms with E-state index in [1.54, 1.807) is 12.1 Å². The predicted octanol–water partition coefficient (Wildman–Crippen LogP) is 6.86. The second-order valence-electron chi connectivity index (χ2n) is 10.2. The highest BCUT2D eigenvalue weighted by Gasteiger charge is 2.43. The van der Waals surface area contributed by atoms with Gasteiger partial charge < -0.3 is 9.47 Å². The quantitative estimate of drug-likeness (QED) is 0.474. The predicted molar refractivity (Wildman–Crippen MR) is 121 cm³/mol. The number of hydrogen-bond donors (Lipinski definition) is 0. The number of rotatable bonds is 5. The molecule has 1 saturated carbocycles. The van der Waals surface area contributed by atoms with Crippen LogP contribution in [0, 0.1) is 12.3 Å². The van der Waals surface area contributed by atoms with Gasteiger partial charge in [0.05, 0.1) is 18.2 Å². The Bertz CT molecular complexity index is 1080. The average molecular weight is 444 g/mol. The summed E-state index contributed by atoms with van der Waals surface area (Å²) in [4.78, 5) is 17.1. The van der Waals surface area contributed by atoms with Gasteiger partial charge in [-0.1, -0.05) is 12.1 Å². The molecule has 0 saturated heterocycles. The normalized spacial score (nSPS) is 18.7. The smallest absolute Gasteiger partial charge is 0.339 e. The molecule has 0 radical (unpaired) electrons. The molecule has 0 N–H and O–H groups in total. The van der Waals surface area contributed by atoms with Crippen LogP contribution < -0.4 is 0 Å². The van der Waals surface area contributed by atoms with Gasteiger partial charge in [0.1, 0.15) is 5.69 Å². The van der Waals surface area contributed by atoms with Gasteiger partial charge in [-0.2, -0.15) is 0 Å². The highest BCUT2D eigenvalue weighted by atomic mass is 19.3. The third-order valence-corrected chi connectivity index (χ3v) is 6.62. The van der Waals surface area contributed by atoms with E-state index in [9.17, 15) is 13.6 Å². The highest BCUT2D eigenvalue weighted by Crippen LogP contribution is 2.57. The number of fused-ring (bicyclic) bond motifs is 1. The summed E-state index contributed by atoms with van der Waals surface area (Å²) in [5.74, 6) is -0.476. The van der Waals surface area contributed by atoms with Crippen LogP contribution in [0.25, 0.3) is 16.5 Å². The number of esters is 1. The number of benzene rings is 1. The number of hydrogen-bond acceptors (Lipinski definition) is 4. The molecule has 1 heterocycles. The molecule has 4 nitrogen and oxygen atoms in total. The zero-order valence-corrected chi connectivity index (χ0v) is 19.4. The molecule has 0 amide bonds. The molecule has 172 valence electrons. The number of carbonyl (C=O) groups is 1. The molecule has 4 rings (SSSR count). The van der Waals surface area contributed by atoms with Crippen molar-refractivity contribution in [1.29, 1.82) is 0 Å². The molecule has 1 aromatic carbocycles. The molecule has 1 fully saturated rings. The molecular weight excluding hydrogens is 412 g/mol. The van der Waals surface area contributed by atoms with E-state index in [4.69, 9.17) is 9.47 Å². The van der Waals surface area contributed by atoms with Gasteiger partial charge in [0.2, 0.25) is 0 Å². The number of carbonyl (C=O) groups excluding carboxylic acids is 1. The number of aryl methyl sites for hydroxylation is 1. The average Bonchev–Trinajstić information content (AvgIpc) is 3.49. The van der Waals surface area contributed by atoms with E-state index in [0.29, 0.717) is 10.9 Å². The fourth-order valence-electron chi connectivity index (χ4n) is 4.73. The summed E-state index contributed by atoms with van der Waals surface area (Å²) in [6.45, 7) is 7.56. The van der Waals surface area contributed by atoms with Crippen molar-refractivity contribution in [3.05, 3.63) is 46.7 Å². The van der Waals surface area contributed by atoms with Gasteiger partial charge >= 0.3 is 5.97 Å². The van der Waals surface area contributed by atoms with E-state index in [-0.39, 0.29) is 5.69 Å². The zero-order valence-electron chi connectivity index (χ0n) is 19.4. The second kappa shape index (κ2) is 8.22. The van der Waals surface area contributed by atoms with Gasteiger partial charge in [0, 0.05) is 10.9 Å². The second-order valence-corrected chi connectivity index (χ2v) is 10.2. The van der Waals surface area contributed by atoms with E-state index in [0.717, 1.165) is 46.9 Å². The van der Waals surface area contributed by atoms with Crippen molar-refractivity contribution in [1.82, 2.24) is 4.98 Å². The Morgan fingerprint density at radius 3 is 2.44 bits per heavy atom. The summed E-state index contributed by atoms with van der Waals surface area (Å²) < 4.78 is 38.0. The van der Waals surface area contributed by atoms with E-state index in [1.807, 2.05) is 27.7 Å². The molecule has 0 bridgehead atoms. The molecule has 1 unspecified atom stereocenters. The number of methoxy groups -OCH3 is 1. The maximum atomic E-state index is 13.3. The molecule has 2 aliphatic rings. The van der Waals surface area contributed by atoms with Crippen molar-refractivity contribution in [2.24, 2.45) is 5.41 Å². The lowest BCUT2D eigenvalue weighted by atomic mass is 9.80. The first-order valence-electron chi connectivity index (χ1n) is 11.2. The third kappa shape index (κ3) is 4.42. The van der Waals surface area contributed by atoms with Gasteiger partial charge in [-0.3, -0.25) is 0 Å². The van der Waals surface area contributed by atoms with Crippen molar-refractivity contribution in [2.75, 3.05) is 7.11 Å². The number of aromatic nitrogens is 1. The maximum absolute atomic E-state index is 13.3. The van der Waals surface area contributed by atoms with Crippen LogP contribution in [0.5, 0.6) is 0 Å². The van der Waals surface area contributed by atoms with Crippen molar-refractivity contribution < 1.29 is 23.0 Å². The monoisotopic (exact) mass is 443 g/mol. The molecule has 2 aliphatic carbocycles. The molecular formula is C26H31F2NO3. The van der Waals surface area contributed by atoms with E-state index >= 15 is 0 Å². The Morgan fingerprint density at radius 1 is 1.19 bits per heavy atom. The first-order chi connectivity index (χ1) is 15.0. The van der Waals surface area contributed by atoms with Crippen LogP contribution >= 0.6 is 0 Å². The van der Waals surface area contributed by atoms with Crippen molar-refractivity contribution in [2.45, 2.75) is 77.9 Å². The number of nitrogens with zero attached hydrogens (tertiary/aromatic N) is 1. The Kier molecular flexibility index (Phi) is 5.86. The van der Waals surface area contributed by atoms with Gasteiger partial charge in [-0.15, -0.1) is 0 Å². The van der Waals surface area contributed by atoms with Crippen LogP contribution in [-0.2, 0) is 14.3 Å². The fraction of sp³-hybridized carbons (Fsp3) is 0.538. The molecule has 6 heteroatoms. The van der Waals surface area contributed by atoms with Crippen molar-refractivity contribution in [3.63, 3.8) is 0 Å². The molecule has 1 atom stereocenters. The first-order valence-corrected chi connectivity index (χ1v) is 11.2. The number of ether oxygens (including phenoxy) is 2. The van der Waals surface area contributed by atoms with Gasteiger partial charge in [-0.05, 0) is 94.0 Å². The van der Waals surface area contributed by atoms with Crippen LogP contribution in [0.3, 0.4) is 0 Å². The number of allylic oxidation sites excluding steroid dienone is 2. The van der Waals surface area contributed by atoms with Gasteiger partial charge in [0.15, 0.2) is 6.10 Å². The summed E-state index contributed by atoms with van der Waals surface area (Å²) in [6, 6.07) is 4.85. The summed E-state index contributed by atoms with van der Waals surface area (Å²) in [5.41, 5.74) is 3.63. The lowest BCUT2D eigenvalue weighted by Crippen LogP contribution is -2.29. The molecule has 0 aliphatic heterocycles. The van der Waals surface area contributed by atoms with E-state index in [2.05, 4.69) is 11.1 Å². The maximum Gasteiger partial charge on any atom is 0.339 e.